The first kappa shape index (κ1) is 11.9. The molecule has 0 aliphatic carbocycles. The molecule has 0 fully saturated rings. The van der Waals surface area contributed by atoms with Crippen molar-refractivity contribution in [3.63, 3.8) is 0 Å². The molecule has 0 N–H and O–H groups in total. The molecule has 0 unspecified atom stereocenters. The quantitative estimate of drug-likeness (QED) is 0.785. The first-order chi connectivity index (χ1) is 7.63. The number of rotatable bonds is 3. The van der Waals surface area contributed by atoms with E-state index in [1.54, 1.807) is 6.07 Å². The number of hydrogen-bond donors (Lipinski definition) is 0. The Kier molecular flexibility index (Phi) is 3.73. The van der Waals surface area contributed by atoms with Crippen LogP contribution in [0.2, 0.25) is 0 Å². The van der Waals surface area contributed by atoms with E-state index in [0.29, 0.717) is 0 Å². The molecule has 0 bridgehead atoms. The fraction of sp³-hybridized carbons (Fsp3) is 0.300. The molecule has 1 heterocycles. The van der Waals surface area contributed by atoms with Crippen LogP contribution >= 0.6 is 0 Å². The third-order valence-electron chi connectivity index (χ3n) is 1.90. The van der Waals surface area contributed by atoms with Crippen LogP contribution in [-0.4, -0.2) is 12.1 Å². The van der Waals surface area contributed by atoms with Crippen molar-refractivity contribution >= 4 is 0 Å². The molecule has 82 valence electrons. The standard InChI is InChI=1S/C10H7F2N3O/c1-16-10-7(2-3-13)6(5-14)4-8(15-10)9(11)12/h4,9H,2H2,1H3. The summed E-state index contributed by atoms with van der Waals surface area (Å²) in [5.74, 6) is -0.101. The fourth-order valence-corrected chi connectivity index (χ4v) is 1.20. The van der Waals surface area contributed by atoms with Crippen molar-refractivity contribution in [2.45, 2.75) is 12.8 Å². The van der Waals surface area contributed by atoms with E-state index < -0.39 is 12.1 Å². The minimum Gasteiger partial charge on any atom is -0.481 e. The molecule has 0 saturated heterocycles. The molecular weight excluding hydrogens is 216 g/mol. The summed E-state index contributed by atoms with van der Waals surface area (Å²) >= 11 is 0. The highest BCUT2D eigenvalue weighted by atomic mass is 19.3. The minimum absolute atomic E-state index is 0.0105. The Labute approximate surface area is 90.7 Å². The molecule has 4 nitrogen and oxygen atoms in total. The summed E-state index contributed by atoms with van der Waals surface area (Å²) in [4.78, 5) is 3.54. The molecule has 0 aliphatic heterocycles. The molecule has 1 aromatic heterocycles. The predicted molar refractivity (Wildman–Crippen MR) is 49.8 cm³/mol. The number of hydrogen-bond acceptors (Lipinski definition) is 4. The van der Waals surface area contributed by atoms with Crippen LogP contribution in [-0.2, 0) is 6.42 Å². The second kappa shape index (κ2) is 5.04. The van der Waals surface area contributed by atoms with Crippen LogP contribution in [0.4, 0.5) is 8.78 Å². The lowest BCUT2D eigenvalue weighted by atomic mass is 10.1. The van der Waals surface area contributed by atoms with Gasteiger partial charge in [-0.2, -0.15) is 10.5 Å². The van der Waals surface area contributed by atoms with Crippen molar-refractivity contribution in [1.29, 1.82) is 10.5 Å². The van der Waals surface area contributed by atoms with Crippen molar-refractivity contribution in [1.82, 2.24) is 4.98 Å². The van der Waals surface area contributed by atoms with Crippen LogP contribution in [0.5, 0.6) is 5.88 Å². The largest absolute Gasteiger partial charge is 0.481 e. The Morgan fingerprint density at radius 1 is 1.50 bits per heavy atom. The minimum atomic E-state index is -2.78. The molecule has 0 saturated carbocycles. The van der Waals surface area contributed by atoms with Gasteiger partial charge in [0.15, 0.2) is 0 Å². The molecule has 0 spiro atoms. The Hall–Kier alpha value is -2.21. The molecule has 0 aromatic carbocycles. The third-order valence-corrected chi connectivity index (χ3v) is 1.90. The Morgan fingerprint density at radius 2 is 2.19 bits per heavy atom. The van der Waals surface area contributed by atoms with Crippen molar-refractivity contribution in [2.75, 3.05) is 7.11 Å². The van der Waals surface area contributed by atoms with E-state index in [2.05, 4.69) is 4.98 Å². The first-order valence-corrected chi connectivity index (χ1v) is 4.27. The maximum absolute atomic E-state index is 12.4. The average Bonchev–Trinajstić information content (AvgIpc) is 2.29. The molecule has 0 atom stereocenters. The van der Waals surface area contributed by atoms with E-state index in [4.69, 9.17) is 15.3 Å². The lowest BCUT2D eigenvalue weighted by molar-refractivity contribution is 0.145. The Morgan fingerprint density at radius 3 is 2.62 bits per heavy atom. The maximum Gasteiger partial charge on any atom is 0.280 e. The maximum atomic E-state index is 12.4. The fourth-order valence-electron chi connectivity index (χ4n) is 1.20. The molecule has 0 aliphatic rings. The Balaban J connectivity index is 3.39. The molecule has 1 rings (SSSR count). The van der Waals surface area contributed by atoms with E-state index in [1.165, 1.54) is 7.11 Å². The van der Waals surface area contributed by atoms with Gasteiger partial charge in [0.2, 0.25) is 5.88 Å². The number of nitrogens with zero attached hydrogens (tertiary/aromatic N) is 3. The number of alkyl halides is 2. The summed E-state index contributed by atoms with van der Waals surface area (Å²) in [6, 6.07) is 4.54. The van der Waals surface area contributed by atoms with Crippen LogP contribution in [0, 0.1) is 22.7 Å². The van der Waals surface area contributed by atoms with Gasteiger partial charge in [0.05, 0.1) is 31.2 Å². The molecule has 0 radical (unpaired) electrons. The van der Waals surface area contributed by atoms with Crippen molar-refractivity contribution in [2.24, 2.45) is 0 Å². The zero-order valence-corrected chi connectivity index (χ0v) is 8.37. The van der Waals surface area contributed by atoms with Gasteiger partial charge in [0.25, 0.3) is 6.43 Å². The van der Waals surface area contributed by atoms with Crippen molar-refractivity contribution in [3.05, 3.63) is 22.9 Å². The van der Waals surface area contributed by atoms with E-state index in [1.807, 2.05) is 6.07 Å². The van der Waals surface area contributed by atoms with Gasteiger partial charge in [-0.05, 0) is 6.07 Å². The van der Waals surface area contributed by atoms with Gasteiger partial charge < -0.3 is 4.74 Å². The summed E-state index contributed by atoms with van der Waals surface area (Å²) in [7, 11) is 1.25. The number of pyridine rings is 1. The Bertz CT molecular complexity index is 474. The second-order valence-corrected chi connectivity index (χ2v) is 2.83. The van der Waals surface area contributed by atoms with Gasteiger partial charge in [-0.15, -0.1) is 0 Å². The van der Waals surface area contributed by atoms with Crippen molar-refractivity contribution in [3.8, 4) is 18.0 Å². The topological polar surface area (TPSA) is 69.7 Å². The summed E-state index contributed by atoms with van der Waals surface area (Å²) < 4.78 is 29.6. The van der Waals surface area contributed by atoms with Crippen LogP contribution in [0.1, 0.15) is 23.2 Å². The second-order valence-electron chi connectivity index (χ2n) is 2.83. The van der Waals surface area contributed by atoms with Crippen LogP contribution in [0.15, 0.2) is 6.07 Å². The molecule has 1 aromatic rings. The highest BCUT2D eigenvalue weighted by Crippen LogP contribution is 2.26. The molecule has 16 heavy (non-hydrogen) atoms. The lowest BCUT2D eigenvalue weighted by Gasteiger charge is -2.08. The van der Waals surface area contributed by atoms with E-state index >= 15 is 0 Å². The molecular formula is C10H7F2N3O. The van der Waals surface area contributed by atoms with E-state index in [0.717, 1.165) is 6.07 Å². The smallest absolute Gasteiger partial charge is 0.280 e. The normalized spacial score (nSPS) is 9.62. The molecule has 0 amide bonds. The summed E-state index contributed by atoms with van der Waals surface area (Å²) in [5, 5.41) is 17.3. The highest BCUT2D eigenvalue weighted by Gasteiger charge is 2.17. The average molecular weight is 223 g/mol. The van der Waals surface area contributed by atoms with Gasteiger partial charge in [-0.1, -0.05) is 0 Å². The SMILES string of the molecule is COc1nc(C(F)F)cc(C#N)c1CC#N. The van der Waals surface area contributed by atoms with Crippen LogP contribution in [0.25, 0.3) is 0 Å². The summed E-state index contributed by atoms with van der Waals surface area (Å²) in [6.45, 7) is 0. The lowest BCUT2D eigenvalue weighted by Crippen LogP contribution is -2.02. The monoisotopic (exact) mass is 223 g/mol. The van der Waals surface area contributed by atoms with Gasteiger partial charge in [0.1, 0.15) is 5.69 Å². The summed E-state index contributed by atoms with van der Waals surface area (Å²) in [6.07, 6.45) is -2.89. The molecule has 6 heteroatoms. The van der Waals surface area contributed by atoms with Crippen molar-refractivity contribution < 1.29 is 13.5 Å². The van der Waals surface area contributed by atoms with E-state index in [9.17, 15) is 8.78 Å². The predicted octanol–water partition coefficient (Wildman–Crippen LogP) is 1.97. The van der Waals surface area contributed by atoms with Crippen LogP contribution in [0.3, 0.4) is 0 Å². The van der Waals surface area contributed by atoms with Gasteiger partial charge in [-0.25, -0.2) is 13.8 Å². The number of ether oxygens (including phenoxy) is 1. The van der Waals surface area contributed by atoms with Gasteiger partial charge >= 0.3 is 0 Å². The number of nitriles is 2. The number of aromatic nitrogens is 1. The third kappa shape index (κ3) is 2.23. The van der Waals surface area contributed by atoms with Gasteiger partial charge in [-0.3, -0.25) is 0 Å². The highest BCUT2D eigenvalue weighted by molar-refractivity contribution is 5.46. The number of methoxy groups -OCH3 is 1. The number of halogens is 2. The first-order valence-electron chi connectivity index (χ1n) is 4.27. The summed E-state index contributed by atoms with van der Waals surface area (Å²) in [5.41, 5.74) is -0.310. The van der Waals surface area contributed by atoms with Crippen LogP contribution < -0.4 is 4.74 Å². The van der Waals surface area contributed by atoms with Gasteiger partial charge in [0, 0.05) is 5.56 Å². The zero-order chi connectivity index (χ0) is 12.1. The van der Waals surface area contributed by atoms with E-state index in [-0.39, 0.29) is 23.4 Å². The zero-order valence-electron chi connectivity index (χ0n) is 8.37.